The number of carbonyl (C=O) groups is 1. The van der Waals surface area contributed by atoms with Crippen molar-refractivity contribution in [1.29, 1.82) is 0 Å². The summed E-state index contributed by atoms with van der Waals surface area (Å²) in [5, 5.41) is 3.33. The molecule has 4 rings (SSSR count). The fourth-order valence-electron chi connectivity index (χ4n) is 4.10. The highest BCUT2D eigenvalue weighted by Gasteiger charge is 2.37. The van der Waals surface area contributed by atoms with E-state index < -0.39 is 17.7 Å². The molecule has 0 saturated carbocycles. The number of benzene rings is 2. The standard InChI is InChI=1S/C22H20F3NO3/c1-28-18-10-14-16(11-19(18)29-2)26-15-4-3-5-17(27)21(15)20(14)12-6-8-13(9-7-12)22(23,24)25/h6-11,20,26H,3-5H2,1-2H3/t20-/m1/s1. The molecule has 152 valence electrons. The Morgan fingerprint density at radius 1 is 1.00 bits per heavy atom. The molecule has 4 nitrogen and oxygen atoms in total. The maximum atomic E-state index is 13.0. The molecule has 0 bridgehead atoms. The molecule has 0 radical (unpaired) electrons. The molecule has 2 aromatic carbocycles. The van der Waals surface area contributed by atoms with Crippen molar-refractivity contribution in [3.05, 3.63) is 64.4 Å². The number of rotatable bonds is 3. The molecule has 0 spiro atoms. The van der Waals surface area contributed by atoms with Gasteiger partial charge in [-0.3, -0.25) is 4.79 Å². The predicted octanol–water partition coefficient (Wildman–Crippen LogP) is 5.29. The molecule has 1 N–H and O–H groups in total. The smallest absolute Gasteiger partial charge is 0.416 e. The Kier molecular flexibility index (Phi) is 4.76. The summed E-state index contributed by atoms with van der Waals surface area (Å²) in [7, 11) is 3.05. The summed E-state index contributed by atoms with van der Waals surface area (Å²) < 4.78 is 49.8. The lowest BCUT2D eigenvalue weighted by atomic mass is 9.75. The summed E-state index contributed by atoms with van der Waals surface area (Å²) in [5.74, 6) is 0.591. The van der Waals surface area contributed by atoms with E-state index in [1.807, 2.05) is 0 Å². The topological polar surface area (TPSA) is 47.6 Å². The van der Waals surface area contributed by atoms with Gasteiger partial charge in [0, 0.05) is 35.4 Å². The van der Waals surface area contributed by atoms with Crippen LogP contribution in [-0.2, 0) is 11.0 Å². The summed E-state index contributed by atoms with van der Waals surface area (Å²) >= 11 is 0. The minimum atomic E-state index is -4.41. The minimum absolute atomic E-state index is 0.0177. The average molecular weight is 403 g/mol. The van der Waals surface area contributed by atoms with Crippen LogP contribution in [0.3, 0.4) is 0 Å². The number of carbonyl (C=O) groups excluding carboxylic acids is 1. The number of fused-ring (bicyclic) bond motifs is 1. The Labute approximate surface area is 166 Å². The first kappa shape index (κ1) is 19.4. The van der Waals surface area contributed by atoms with Crippen molar-refractivity contribution in [2.45, 2.75) is 31.4 Å². The van der Waals surface area contributed by atoms with E-state index in [0.29, 0.717) is 35.5 Å². The van der Waals surface area contributed by atoms with Gasteiger partial charge in [0.15, 0.2) is 17.3 Å². The van der Waals surface area contributed by atoms with Crippen LogP contribution in [0.2, 0.25) is 0 Å². The van der Waals surface area contributed by atoms with E-state index in [-0.39, 0.29) is 5.78 Å². The summed E-state index contributed by atoms with van der Waals surface area (Å²) in [4.78, 5) is 12.8. The molecule has 2 aromatic rings. The van der Waals surface area contributed by atoms with Crippen LogP contribution in [0.25, 0.3) is 0 Å². The molecule has 0 amide bonds. The second kappa shape index (κ2) is 7.13. The number of Topliss-reactive ketones (excluding diaryl/α,β-unsaturated/α-hetero) is 1. The first-order valence-electron chi connectivity index (χ1n) is 9.30. The molecular formula is C22H20F3NO3. The molecule has 7 heteroatoms. The van der Waals surface area contributed by atoms with Crippen molar-refractivity contribution in [3.8, 4) is 11.5 Å². The lowest BCUT2D eigenvalue weighted by Crippen LogP contribution is -2.27. The van der Waals surface area contributed by atoms with Crippen LogP contribution in [0, 0.1) is 0 Å². The maximum Gasteiger partial charge on any atom is 0.416 e. The van der Waals surface area contributed by atoms with Gasteiger partial charge < -0.3 is 14.8 Å². The number of hydrogen-bond acceptors (Lipinski definition) is 4. The molecule has 0 unspecified atom stereocenters. The number of nitrogens with one attached hydrogen (secondary N) is 1. The Bertz CT molecular complexity index is 994. The van der Waals surface area contributed by atoms with Crippen LogP contribution in [0.1, 0.15) is 41.9 Å². The molecule has 29 heavy (non-hydrogen) atoms. The fraction of sp³-hybridized carbons (Fsp3) is 0.318. The monoisotopic (exact) mass is 403 g/mol. The van der Waals surface area contributed by atoms with Gasteiger partial charge in [0.2, 0.25) is 0 Å². The van der Waals surface area contributed by atoms with E-state index in [0.717, 1.165) is 35.5 Å². The Hall–Kier alpha value is -2.96. The van der Waals surface area contributed by atoms with Crippen LogP contribution in [0.15, 0.2) is 47.7 Å². The predicted molar refractivity (Wildman–Crippen MR) is 102 cm³/mol. The summed E-state index contributed by atoms with van der Waals surface area (Å²) in [5.41, 5.74) is 2.90. The second-order valence-electron chi connectivity index (χ2n) is 7.14. The van der Waals surface area contributed by atoms with Crippen molar-refractivity contribution in [2.75, 3.05) is 19.5 Å². The number of hydrogen-bond donors (Lipinski definition) is 1. The average Bonchev–Trinajstić information content (AvgIpc) is 2.71. The Morgan fingerprint density at radius 2 is 1.66 bits per heavy atom. The first-order chi connectivity index (χ1) is 13.8. The highest BCUT2D eigenvalue weighted by molar-refractivity contribution is 6.01. The van der Waals surface area contributed by atoms with Gasteiger partial charge in [0.25, 0.3) is 0 Å². The van der Waals surface area contributed by atoms with Crippen LogP contribution >= 0.6 is 0 Å². The van der Waals surface area contributed by atoms with Crippen LogP contribution < -0.4 is 14.8 Å². The van der Waals surface area contributed by atoms with Crippen LogP contribution in [0.4, 0.5) is 18.9 Å². The third-order valence-corrected chi connectivity index (χ3v) is 5.47. The maximum absolute atomic E-state index is 13.0. The molecule has 1 aliphatic carbocycles. The van der Waals surface area contributed by atoms with Gasteiger partial charge >= 0.3 is 6.18 Å². The van der Waals surface area contributed by atoms with E-state index in [9.17, 15) is 18.0 Å². The molecular weight excluding hydrogens is 383 g/mol. The molecule has 0 fully saturated rings. The highest BCUT2D eigenvalue weighted by Crippen LogP contribution is 2.48. The van der Waals surface area contributed by atoms with Gasteiger partial charge in [-0.1, -0.05) is 12.1 Å². The van der Waals surface area contributed by atoms with Gasteiger partial charge in [0.05, 0.1) is 19.8 Å². The largest absolute Gasteiger partial charge is 0.493 e. The van der Waals surface area contributed by atoms with E-state index in [1.165, 1.54) is 26.4 Å². The van der Waals surface area contributed by atoms with E-state index in [1.54, 1.807) is 12.1 Å². The molecule has 0 aromatic heterocycles. The summed E-state index contributed by atoms with van der Waals surface area (Å²) in [6.07, 6.45) is -2.52. The van der Waals surface area contributed by atoms with Crippen LogP contribution in [-0.4, -0.2) is 20.0 Å². The third-order valence-electron chi connectivity index (χ3n) is 5.47. The van der Waals surface area contributed by atoms with Crippen molar-refractivity contribution >= 4 is 11.5 Å². The van der Waals surface area contributed by atoms with E-state index in [2.05, 4.69) is 5.32 Å². The Morgan fingerprint density at radius 3 is 2.28 bits per heavy atom. The quantitative estimate of drug-likeness (QED) is 0.757. The number of alkyl halides is 3. The zero-order valence-electron chi connectivity index (χ0n) is 16.0. The normalized spacial score (nSPS) is 18.7. The van der Waals surface area contributed by atoms with Crippen molar-refractivity contribution < 1.29 is 27.4 Å². The van der Waals surface area contributed by atoms with E-state index >= 15 is 0 Å². The number of halogens is 3. The number of ketones is 1. The van der Waals surface area contributed by atoms with Gasteiger partial charge in [-0.05, 0) is 42.2 Å². The van der Waals surface area contributed by atoms with Gasteiger partial charge in [-0.2, -0.15) is 13.2 Å². The van der Waals surface area contributed by atoms with Gasteiger partial charge in [-0.15, -0.1) is 0 Å². The Balaban J connectivity index is 1.90. The van der Waals surface area contributed by atoms with Gasteiger partial charge in [-0.25, -0.2) is 0 Å². The van der Waals surface area contributed by atoms with Crippen LogP contribution in [0.5, 0.6) is 11.5 Å². The zero-order valence-corrected chi connectivity index (χ0v) is 16.0. The fourth-order valence-corrected chi connectivity index (χ4v) is 4.10. The molecule has 0 saturated heterocycles. The molecule has 1 heterocycles. The first-order valence-corrected chi connectivity index (χ1v) is 9.30. The number of ether oxygens (including phenoxy) is 2. The van der Waals surface area contributed by atoms with Crippen molar-refractivity contribution in [3.63, 3.8) is 0 Å². The number of methoxy groups -OCH3 is 2. The summed E-state index contributed by atoms with van der Waals surface area (Å²) in [6.45, 7) is 0. The summed E-state index contributed by atoms with van der Waals surface area (Å²) in [6, 6.07) is 8.61. The zero-order chi connectivity index (χ0) is 20.8. The SMILES string of the molecule is COc1cc2c(cc1OC)[C@@H](c1ccc(C(F)(F)F)cc1)C1=C(CCCC1=O)N2. The highest BCUT2D eigenvalue weighted by atomic mass is 19.4. The molecule has 1 aliphatic heterocycles. The number of allylic oxidation sites excluding steroid dienone is 2. The van der Waals surface area contributed by atoms with Gasteiger partial charge in [0.1, 0.15) is 0 Å². The third kappa shape index (κ3) is 3.34. The second-order valence-corrected chi connectivity index (χ2v) is 7.14. The van der Waals surface area contributed by atoms with Crippen molar-refractivity contribution in [1.82, 2.24) is 0 Å². The number of anilines is 1. The molecule has 1 atom stereocenters. The van der Waals surface area contributed by atoms with Crippen molar-refractivity contribution in [2.24, 2.45) is 0 Å². The lowest BCUT2D eigenvalue weighted by molar-refractivity contribution is -0.137. The van der Waals surface area contributed by atoms with E-state index in [4.69, 9.17) is 9.47 Å². The molecule has 2 aliphatic rings. The minimum Gasteiger partial charge on any atom is -0.493 e. The lowest BCUT2D eigenvalue weighted by Gasteiger charge is -2.34.